The van der Waals surface area contributed by atoms with Gasteiger partial charge in [-0.1, -0.05) is 12.1 Å². The van der Waals surface area contributed by atoms with E-state index < -0.39 is 16.2 Å². The van der Waals surface area contributed by atoms with E-state index in [1.54, 1.807) is 24.3 Å². The SMILES string of the molecule is COCCNS(=O)(=O)Nc1cccc(CCC(=O)O)c1. The summed E-state index contributed by atoms with van der Waals surface area (Å²) in [7, 11) is -2.17. The van der Waals surface area contributed by atoms with Gasteiger partial charge in [-0.3, -0.25) is 9.52 Å². The van der Waals surface area contributed by atoms with Crippen molar-refractivity contribution in [3.05, 3.63) is 29.8 Å². The van der Waals surface area contributed by atoms with Crippen LogP contribution < -0.4 is 9.44 Å². The van der Waals surface area contributed by atoms with E-state index >= 15 is 0 Å². The van der Waals surface area contributed by atoms with Crippen LogP contribution in [0.25, 0.3) is 0 Å². The zero-order valence-corrected chi connectivity index (χ0v) is 11.9. The summed E-state index contributed by atoms with van der Waals surface area (Å²) < 4.78 is 32.8. The molecule has 7 nitrogen and oxygen atoms in total. The molecular weight excluding hydrogens is 284 g/mol. The maximum absolute atomic E-state index is 11.7. The summed E-state index contributed by atoms with van der Waals surface area (Å²) in [5, 5.41) is 8.62. The molecule has 0 atom stereocenters. The Balaban J connectivity index is 2.63. The van der Waals surface area contributed by atoms with E-state index in [9.17, 15) is 13.2 Å². The molecular formula is C12H18N2O5S. The fourth-order valence-corrected chi connectivity index (χ4v) is 2.37. The van der Waals surface area contributed by atoms with Crippen molar-refractivity contribution in [2.45, 2.75) is 12.8 Å². The lowest BCUT2D eigenvalue weighted by Crippen LogP contribution is -2.32. The van der Waals surface area contributed by atoms with Crippen molar-refractivity contribution in [3.8, 4) is 0 Å². The maximum Gasteiger partial charge on any atom is 0.303 e. The molecule has 0 aromatic heterocycles. The van der Waals surface area contributed by atoms with Crippen LogP contribution in [0.4, 0.5) is 5.69 Å². The van der Waals surface area contributed by atoms with Crippen molar-refractivity contribution in [1.29, 1.82) is 0 Å². The number of anilines is 1. The molecule has 0 aliphatic carbocycles. The minimum atomic E-state index is -3.65. The predicted molar refractivity (Wildman–Crippen MR) is 74.8 cm³/mol. The lowest BCUT2D eigenvalue weighted by atomic mass is 10.1. The molecule has 3 N–H and O–H groups in total. The lowest BCUT2D eigenvalue weighted by Gasteiger charge is -2.10. The number of hydrogen-bond acceptors (Lipinski definition) is 4. The van der Waals surface area contributed by atoms with E-state index in [0.29, 0.717) is 12.1 Å². The average molecular weight is 302 g/mol. The highest BCUT2D eigenvalue weighted by molar-refractivity contribution is 7.90. The second kappa shape index (κ2) is 7.83. The van der Waals surface area contributed by atoms with Crippen LogP contribution in [0.5, 0.6) is 0 Å². The summed E-state index contributed by atoms with van der Waals surface area (Å²) in [5.41, 5.74) is 1.14. The highest BCUT2D eigenvalue weighted by Gasteiger charge is 2.09. The van der Waals surface area contributed by atoms with Crippen LogP contribution in [-0.2, 0) is 26.2 Å². The number of benzene rings is 1. The molecule has 0 radical (unpaired) electrons. The fourth-order valence-electron chi connectivity index (χ4n) is 1.51. The highest BCUT2D eigenvalue weighted by atomic mass is 32.2. The number of carbonyl (C=O) groups is 1. The van der Waals surface area contributed by atoms with Crippen LogP contribution in [0.1, 0.15) is 12.0 Å². The predicted octanol–water partition coefficient (Wildman–Crippen LogP) is 0.596. The Labute approximate surface area is 118 Å². The minimum Gasteiger partial charge on any atom is -0.481 e. The van der Waals surface area contributed by atoms with E-state index in [2.05, 4.69) is 9.44 Å². The highest BCUT2D eigenvalue weighted by Crippen LogP contribution is 2.13. The van der Waals surface area contributed by atoms with Crippen molar-refractivity contribution in [2.24, 2.45) is 0 Å². The molecule has 1 aromatic rings. The molecule has 8 heteroatoms. The first-order valence-electron chi connectivity index (χ1n) is 6.00. The Morgan fingerprint density at radius 2 is 2.15 bits per heavy atom. The summed E-state index contributed by atoms with van der Waals surface area (Å²) in [6.45, 7) is 0.449. The summed E-state index contributed by atoms with van der Waals surface area (Å²) in [6, 6.07) is 6.63. The first kappa shape index (κ1) is 16.4. The van der Waals surface area contributed by atoms with Crippen LogP contribution in [0.3, 0.4) is 0 Å². The second-order valence-electron chi connectivity index (χ2n) is 4.09. The van der Waals surface area contributed by atoms with Crippen molar-refractivity contribution >= 4 is 21.9 Å². The molecule has 0 unspecified atom stereocenters. The van der Waals surface area contributed by atoms with E-state index in [1.165, 1.54) is 7.11 Å². The Morgan fingerprint density at radius 1 is 1.40 bits per heavy atom. The normalized spacial score (nSPS) is 11.2. The molecule has 0 amide bonds. The summed E-state index contributed by atoms with van der Waals surface area (Å²) >= 11 is 0. The number of carboxylic acids is 1. The number of ether oxygens (including phenoxy) is 1. The van der Waals surface area contributed by atoms with Crippen molar-refractivity contribution < 1.29 is 23.1 Å². The Hall–Kier alpha value is -1.64. The number of methoxy groups -OCH3 is 1. The number of nitrogens with one attached hydrogen (secondary N) is 2. The topological polar surface area (TPSA) is 105 Å². The number of aliphatic carboxylic acids is 1. The van der Waals surface area contributed by atoms with Gasteiger partial charge in [0.05, 0.1) is 12.3 Å². The van der Waals surface area contributed by atoms with Gasteiger partial charge < -0.3 is 9.84 Å². The van der Waals surface area contributed by atoms with E-state index in [1.807, 2.05) is 0 Å². The van der Waals surface area contributed by atoms with Crippen LogP contribution in [-0.4, -0.2) is 39.8 Å². The summed E-state index contributed by atoms with van der Waals surface area (Å²) in [4.78, 5) is 10.5. The molecule has 112 valence electrons. The number of rotatable bonds is 9. The molecule has 1 aromatic carbocycles. The maximum atomic E-state index is 11.7. The van der Waals surface area contributed by atoms with Crippen LogP contribution in [0.2, 0.25) is 0 Å². The van der Waals surface area contributed by atoms with E-state index in [0.717, 1.165) is 5.56 Å². The van der Waals surface area contributed by atoms with Crippen LogP contribution in [0, 0.1) is 0 Å². The molecule has 0 aliphatic rings. The number of hydrogen-bond donors (Lipinski definition) is 3. The van der Waals surface area contributed by atoms with Gasteiger partial charge in [0.15, 0.2) is 0 Å². The van der Waals surface area contributed by atoms with Gasteiger partial charge in [-0.15, -0.1) is 0 Å². The molecule has 0 aliphatic heterocycles. The fraction of sp³-hybridized carbons (Fsp3) is 0.417. The largest absolute Gasteiger partial charge is 0.481 e. The second-order valence-corrected chi connectivity index (χ2v) is 5.59. The van der Waals surface area contributed by atoms with Gasteiger partial charge in [-0.2, -0.15) is 13.1 Å². The van der Waals surface area contributed by atoms with E-state index in [-0.39, 0.29) is 19.6 Å². The molecule has 0 heterocycles. The van der Waals surface area contributed by atoms with Crippen molar-refractivity contribution in [1.82, 2.24) is 4.72 Å². The molecule has 0 saturated heterocycles. The van der Waals surface area contributed by atoms with Crippen LogP contribution in [0.15, 0.2) is 24.3 Å². The van der Waals surface area contributed by atoms with Crippen molar-refractivity contribution in [2.75, 3.05) is 25.0 Å². The zero-order valence-electron chi connectivity index (χ0n) is 11.1. The molecule has 1 rings (SSSR count). The van der Waals surface area contributed by atoms with Gasteiger partial charge in [-0.25, -0.2) is 0 Å². The third kappa shape index (κ3) is 6.50. The first-order chi connectivity index (χ1) is 9.43. The van der Waals surface area contributed by atoms with Crippen molar-refractivity contribution in [3.63, 3.8) is 0 Å². The van der Waals surface area contributed by atoms with Crippen LogP contribution >= 0.6 is 0 Å². The Kier molecular flexibility index (Phi) is 6.43. The average Bonchev–Trinajstić information content (AvgIpc) is 2.36. The van der Waals surface area contributed by atoms with Gasteiger partial charge in [0, 0.05) is 20.1 Å². The van der Waals surface area contributed by atoms with Gasteiger partial charge in [0.1, 0.15) is 0 Å². The van der Waals surface area contributed by atoms with Gasteiger partial charge in [-0.05, 0) is 24.1 Å². The number of carboxylic acid groups (broad SMARTS) is 1. The minimum absolute atomic E-state index is 0.00227. The monoisotopic (exact) mass is 302 g/mol. The van der Waals surface area contributed by atoms with Gasteiger partial charge in [0.25, 0.3) is 10.2 Å². The van der Waals surface area contributed by atoms with E-state index in [4.69, 9.17) is 9.84 Å². The Bertz CT molecular complexity index is 545. The number of aryl methyl sites for hydroxylation is 1. The molecule has 0 fully saturated rings. The first-order valence-corrected chi connectivity index (χ1v) is 7.48. The summed E-state index contributed by atoms with van der Waals surface area (Å²) in [6.07, 6.45) is 0.351. The summed E-state index contributed by atoms with van der Waals surface area (Å²) in [5.74, 6) is -0.891. The van der Waals surface area contributed by atoms with Gasteiger partial charge in [0.2, 0.25) is 0 Å². The molecule has 0 bridgehead atoms. The smallest absolute Gasteiger partial charge is 0.303 e. The zero-order chi connectivity index (χ0) is 15.0. The molecule has 0 saturated carbocycles. The third-order valence-electron chi connectivity index (χ3n) is 2.41. The quantitative estimate of drug-likeness (QED) is 0.579. The standard InChI is InChI=1S/C12H18N2O5S/c1-19-8-7-13-20(17,18)14-11-4-2-3-10(9-11)5-6-12(15)16/h2-4,9,13-14H,5-8H2,1H3,(H,15,16). The molecule has 0 spiro atoms. The lowest BCUT2D eigenvalue weighted by molar-refractivity contribution is -0.136. The van der Waals surface area contributed by atoms with Gasteiger partial charge >= 0.3 is 5.97 Å². The third-order valence-corrected chi connectivity index (χ3v) is 3.49. The molecule has 20 heavy (non-hydrogen) atoms. The Morgan fingerprint density at radius 3 is 2.80 bits per heavy atom.